The molecule has 0 atom stereocenters. The Balaban J connectivity index is 1.53. The Labute approximate surface area is 166 Å². The Hall–Kier alpha value is -2.67. The van der Waals surface area contributed by atoms with Gasteiger partial charge in [0, 0.05) is 32.9 Å². The van der Waals surface area contributed by atoms with Gasteiger partial charge in [-0.25, -0.2) is 4.39 Å². The maximum atomic E-state index is 13.1. The normalized spacial score (nSPS) is 14.8. The van der Waals surface area contributed by atoms with Crippen LogP contribution in [0.4, 0.5) is 4.39 Å². The summed E-state index contributed by atoms with van der Waals surface area (Å²) in [7, 11) is 1.61. The molecule has 2 heterocycles. The first-order chi connectivity index (χ1) is 13.4. The zero-order chi connectivity index (χ0) is 20.3. The van der Waals surface area contributed by atoms with E-state index in [2.05, 4.69) is 5.32 Å². The average molecular weight is 406 g/mol. The van der Waals surface area contributed by atoms with Gasteiger partial charge in [0.05, 0.1) is 10.6 Å². The van der Waals surface area contributed by atoms with Gasteiger partial charge in [-0.05, 0) is 49.1 Å². The molecule has 1 aromatic heterocycles. The highest BCUT2D eigenvalue weighted by Crippen LogP contribution is 2.20. The molecular weight excluding hydrogens is 385 g/mol. The van der Waals surface area contributed by atoms with Crippen molar-refractivity contribution in [2.45, 2.75) is 12.8 Å². The van der Waals surface area contributed by atoms with Crippen LogP contribution in [0, 0.1) is 11.7 Å². The summed E-state index contributed by atoms with van der Waals surface area (Å²) in [6, 6.07) is 6.88. The van der Waals surface area contributed by atoms with Crippen molar-refractivity contribution in [3.8, 4) is 0 Å². The Morgan fingerprint density at radius 3 is 2.61 bits per heavy atom. The number of aromatic nitrogens is 1. The van der Waals surface area contributed by atoms with Crippen molar-refractivity contribution >= 4 is 23.4 Å². The second-order valence-electron chi connectivity index (χ2n) is 6.91. The van der Waals surface area contributed by atoms with Gasteiger partial charge in [-0.15, -0.1) is 0 Å². The third-order valence-corrected chi connectivity index (χ3v) is 5.30. The third-order valence-electron chi connectivity index (χ3n) is 4.98. The molecule has 3 rings (SSSR count). The maximum absolute atomic E-state index is 13.1. The van der Waals surface area contributed by atoms with Crippen molar-refractivity contribution in [2.75, 3.05) is 19.6 Å². The van der Waals surface area contributed by atoms with E-state index in [0.717, 1.165) is 18.9 Å². The van der Waals surface area contributed by atoms with Gasteiger partial charge >= 0.3 is 0 Å². The van der Waals surface area contributed by atoms with Crippen LogP contribution < -0.4 is 10.9 Å². The smallest absolute Gasteiger partial charge is 0.263 e. The highest BCUT2D eigenvalue weighted by molar-refractivity contribution is 6.33. The van der Waals surface area contributed by atoms with Gasteiger partial charge in [-0.3, -0.25) is 14.4 Å². The lowest BCUT2D eigenvalue weighted by molar-refractivity contribution is 0.0682. The fourth-order valence-electron chi connectivity index (χ4n) is 3.28. The Bertz CT molecular complexity index is 952. The van der Waals surface area contributed by atoms with Gasteiger partial charge in [0.1, 0.15) is 11.4 Å². The van der Waals surface area contributed by atoms with Crippen molar-refractivity contribution in [2.24, 2.45) is 13.0 Å². The van der Waals surface area contributed by atoms with Gasteiger partial charge in [0.2, 0.25) is 0 Å². The molecule has 2 aromatic rings. The Morgan fingerprint density at radius 2 is 1.93 bits per heavy atom. The zero-order valence-electron chi connectivity index (χ0n) is 15.5. The minimum absolute atomic E-state index is 0.0716. The maximum Gasteiger partial charge on any atom is 0.263 e. The zero-order valence-corrected chi connectivity index (χ0v) is 16.2. The van der Waals surface area contributed by atoms with Crippen LogP contribution in [-0.4, -0.2) is 40.9 Å². The van der Waals surface area contributed by atoms with Crippen molar-refractivity contribution in [3.63, 3.8) is 0 Å². The summed E-state index contributed by atoms with van der Waals surface area (Å²) < 4.78 is 14.5. The minimum Gasteiger partial charge on any atom is -0.352 e. The topological polar surface area (TPSA) is 71.4 Å². The van der Waals surface area contributed by atoms with Crippen LogP contribution in [0.15, 0.2) is 41.3 Å². The monoisotopic (exact) mass is 405 g/mol. The summed E-state index contributed by atoms with van der Waals surface area (Å²) >= 11 is 5.91. The van der Waals surface area contributed by atoms with E-state index in [0.29, 0.717) is 19.6 Å². The largest absolute Gasteiger partial charge is 0.352 e. The number of halogens is 2. The molecule has 1 N–H and O–H groups in total. The highest BCUT2D eigenvalue weighted by atomic mass is 35.5. The molecule has 1 aromatic carbocycles. The molecule has 1 aliphatic rings. The van der Waals surface area contributed by atoms with Gasteiger partial charge in [-0.1, -0.05) is 11.6 Å². The van der Waals surface area contributed by atoms with Crippen LogP contribution in [0.5, 0.6) is 0 Å². The Morgan fingerprint density at radius 1 is 1.21 bits per heavy atom. The molecule has 1 saturated heterocycles. The van der Waals surface area contributed by atoms with Crippen LogP contribution in [0.1, 0.15) is 33.6 Å². The molecule has 8 heteroatoms. The molecule has 0 spiro atoms. The summed E-state index contributed by atoms with van der Waals surface area (Å²) in [6.45, 7) is 1.49. The van der Waals surface area contributed by atoms with Gasteiger partial charge in [0.25, 0.3) is 17.4 Å². The first-order valence-corrected chi connectivity index (χ1v) is 9.43. The van der Waals surface area contributed by atoms with Crippen LogP contribution in [0.25, 0.3) is 0 Å². The van der Waals surface area contributed by atoms with Crippen LogP contribution in [0.2, 0.25) is 5.02 Å². The van der Waals surface area contributed by atoms with Crippen LogP contribution >= 0.6 is 11.6 Å². The summed E-state index contributed by atoms with van der Waals surface area (Å²) in [5.41, 5.74) is 0.0939. The minimum atomic E-state index is -0.494. The van der Waals surface area contributed by atoms with Crippen molar-refractivity contribution < 1.29 is 14.0 Å². The predicted molar refractivity (Wildman–Crippen MR) is 104 cm³/mol. The summed E-state index contributed by atoms with van der Waals surface area (Å²) in [4.78, 5) is 38.6. The van der Waals surface area contributed by atoms with Crippen LogP contribution in [0.3, 0.4) is 0 Å². The van der Waals surface area contributed by atoms with E-state index in [-0.39, 0.29) is 39.4 Å². The number of carbonyl (C=O) groups excluding carboxylic acids is 2. The number of piperidine rings is 1. The van der Waals surface area contributed by atoms with E-state index in [9.17, 15) is 18.8 Å². The second-order valence-corrected chi connectivity index (χ2v) is 7.31. The lowest BCUT2D eigenvalue weighted by atomic mass is 9.96. The number of pyridine rings is 1. The van der Waals surface area contributed by atoms with Crippen molar-refractivity contribution in [3.05, 3.63) is 68.8 Å². The first-order valence-electron chi connectivity index (χ1n) is 9.05. The molecule has 2 amide bonds. The molecule has 6 nitrogen and oxygen atoms in total. The number of aryl methyl sites for hydroxylation is 1. The van der Waals surface area contributed by atoms with Crippen LogP contribution in [-0.2, 0) is 7.05 Å². The molecule has 0 aliphatic carbocycles. The lowest BCUT2D eigenvalue weighted by Gasteiger charge is -2.32. The van der Waals surface area contributed by atoms with Gasteiger partial charge in [-0.2, -0.15) is 0 Å². The fraction of sp³-hybridized carbons (Fsp3) is 0.350. The molecule has 28 heavy (non-hydrogen) atoms. The van der Waals surface area contributed by atoms with Crippen molar-refractivity contribution in [1.82, 2.24) is 14.8 Å². The number of carbonyl (C=O) groups is 2. The van der Waals surface area contributed by atoms with E-state index in [1.54, 1.807) is 30.3 Å². The molecule has 148 valence electrons. The number of amides is 2. The molecule has 0 unspecified atom stereocenters. The standard InChI is InChI=1S/C20H21ClFN3O3/c1-24-8-2-3-16(19(24)27)20(28)25-9-6-13(7-10-25)12-23-18(26)15-5-4-14(22)11-17(15)21/h2-5,8,11,13H,6-7,9-10,12H2,1H3,(H,23,26). The number of nitrogens with zero attached hydrogens (tertiary/aromatic N) is 2. The van der Waals surface area contributed by atoms with Crippen molar-refractivity contribution in [1.29, 1.82) is 0 Å². The number of hydrogen-bond acceptors (Lipinski definition) is 3. The third kappa shape index (κ3) is 4.42. The van der Waals surface area contributed by atoms with Gasteiger partial charge < -0.3 is 14.8 Å². The predicted octanol–water partition coefficient (Wildman–Crippen LogP) is 2.46. The molecule has 1 aliphatic heterocycles. The van der Waals surface area contributed by atoms with E-state index in [1.165, 1.54) is 16.7 Å². The lowest BCUT2D eigenvalue weighted by Crippen LogP contribution is -2.43. The molecular formula is C20H21ClFN3O3. The summed E-state index contributed by atoms with van der Waals surface area (Å²) in [6.07, 6.45) is 3.05. The number of nitrogens with one attached hydrogen (secondary N) is 1. The second kappa shape index (κ2) is 8.56. The number of hydrogen-bond donors (Lipinski definition) is 1. The quantitative estimate of drug-likeness (QED) is 0.849. The number of benzene rings is 1. The Kier molecular flexibility index (Phi) is 6.14. The van der Waals surface area contributed by atoms with E-state index in [4.69, 9.17) is 11.6 Å². The molecule has 0 radical (unpaired) electrons. The summed E-state index contributed by atoms with van der Waals surface area (Å²) in [5.74, 6) is -0.893. The summed E-state index contributed by atoms with van der Waals surface area (Å²) in [5, 5.41) is 2.89. The SMILES string of the molecule is Cn1cccc(C(=O)N2CCC(CNC(=O)c3ccc(F)cc3Cl)CC2)c1=O. The molecule has 0 bridgehead atoms. The number of likely N-dealkylation sites (tertiary alicyclic amines) is 1. The highest BCUT2D eigenvalue weighted by Gasteiger charge is 2.25. The van der Waals surface area contributed by atoms with E-state index >= 15 is 0 Å². The van der Waals surface area contributed by atoms with E-state index in [1.807, 2.05) is 0 Å². The molecule has 1 fully saturated rings. The molecule has 0 saturated carbocycles. The number of rotatable bonds is 4. The first kappa shape index (κ1) is 20.1. The fourth-order valence-corrected chi connectivity index (χ4v) is 3.53. The van der Waals surface area contributed by atoms with E-state index < -0.39 is 5.82 Å². The van der Waals surface area contributed by atoms with Gasteiger partial charge in [0.15, 0.2) is 0 Å². The average Bonchev–Trinajstić information content (AvgIpc) is 2.68.